The quantitative estimate of drug-likeness (QED) is 0.306. The average Bonchev–Trinajstić information content (AvgIpc) is 3.27. The van der Waals surface area contributed by atoms with Gasteiger partial charge in [-0.05, 0) is 26.3 Å². The Labute approximate surface area is 160 Å². The molecule has 2 heterocycles. The molecular formula is C18H22N4O2S2. The minimum atomic E-state index is -0.229. The van der Waals surface area contributed by atoms with Gasteiger partial charge < -0.3 is 15.0 Å². The summed E-state index contributed by atoms with van der Waals surface area (Å²) in [5.41, 5.74) is 1.70. The summed E-state index contributed by atoms with van der Waals surface area (Å²) in [6.45, 7) is 6.16. The number of carbonyl (C=O) groups is 1. The van der Waals surface area contributed by atoms with Crippen molar-refractivity contribution >= 4 is 44.9 Å². The Bertz CT molecular complexity index is 862. The van der Waals surface area contributed by atoms with Crippen LogP contribution in [0.5, 0.6) is 0 Å². The van der Waals surface area contributed by atoms with Crippen molar-refractivity contribution < 1.29 is 9.53 Å². The molecule has 0 saturated heterocycles. The number of anilines is 1. The third-order valence-electron chi connectivity index (χ3n) is 3.85. The number of aromatic nitrogens is 3. The van der Waals surface area contributed by atoms with Gasteiger partial charge in [-0.25, -0.2) is 0 Å². The number of H-pyrrole nitrogens is 1. The number of nitrogens with one attached hydrogen (secondary N) is 2. The van der Waals surface area contributed by atoms with Gasteiger partial charge in [-0.1, -0.05) is 41.3 Å². The molecule has 0 saturated carbocycles. The lowest BCUT2D eigenvalue weighted by Gasteiger charge is -2.06. The Morgan fingerprint density at radius 3 is 3.08 bits per heavy atom. The molecule has 6 nitrogen and oxygen atoms in total. The molecule has 3 aromatic rings. The minimum Gasteiger partial charge on any atom is -0.382 e. The van der Waals surface area contributed by atoms with Crippen LogP contribution >= 0.6 is 23.1 Å². The van der Waals surface area contributed by atoms with E-state index < -0.39 is 0 Å². The van der Waals surface area contributed by atoms with E-state index in [1.54, 1.807) is 6.20 Å². The van der Waals surface area contributed by atoms with Gasteiger partial charge in [-0.2, -0.15) is 0 Å². The highest BCUT2D eigenvalue weighted by atomic mass is 32.2. The average molecular weight is 391 g/mol. The van der Waals surface area contributed by atoms with E-state index in [4.69, 9.17) is 4.74 Å². The number of para-hydroxylation sites is 1. The van der Waals surface area contributed by atoms with Crippen LogP contribution in [0.3, 0.4) is 0 Å². The first-order valence-corrected chi connectivity index (χ1v) is 10.3. The van der Waals surface area contributed by atoms with Crippen molar-refractivity contribution in [2.24, 2.45) is 0 Å². The van der Waals surface area contributed by atoms with Gasteiger partial charge in [0.25, 0.3) is 0 Å². The van der Waals surface area contributed by atoms with Crippen LogP contribution in [0.15, 0.2) is 34.8 Å². The third kappa shape index (κ3) is 4.63. The number of Topliss-reactive ketones (excluding diaryl/α,β-unsaturated/α-hetero) is 1. The van der Waals surface area contributed by atoms with Gasteiger partial charge in [-0.15, -0.1) is 10.2 Å². The number of ketones is 1. The summed E-state index contributed by atoms with van der Waals surface area (Å²) in [7, 11) is 0. The maximum absolute atomic E-state index is 12.8. The van der Waals surface area contributed by atoms with Crippen molar-refractivity contribution in [3.8, 4) is 0 Å². The zero-order valence-corrected chi connectivity index (χ0v) is 16.5. The lowest BCUT2D eigenvalue weighted by Crippen LogP contribution is -2.12. The molecule has 0 bridgehead atoms. The Kier molecular flexibility index (Phi) is 6.65. The number of ether oxygens (including phenoxy) is 1. The van der Waals surface area contributed by atoms with Crippen molar-refractivity contribution in [1.82, 2.24) is 15.2 Å². The second-order valence-electron chi connectivity index (χ2n) is 5.72. The molecule has 0 radical (unpaired) electrons. The predicted octanol–water partition coefficient (Wildman–Crippen LogP) is 4.22. The number of nitrogens with zero attached hydrogens (tertiary/aromatic N) is 2. The zero-order valence-electron chi connectivity index (χ0n) is 14.8. The number of hydrogen-bond donors (Lipinski definition) is 2. The molecule has 1 unspecified atom stereocenters. The summed E-state index contributed by atoms with van der Waals surface area (Å²) in [4.78, 5) is 15.9. The van der Waals surface area contributed by atoms with Crippen molar-refractivity contribution in [2.75, 3.05) is 25.1 Å². The fraction of sp³-hybridized carbons (Fsp3) is 0.389. The maximum atomic E-state index is 12.8. The van der Waals surface area contributed by atoms with E-state index in [9.17, 15) is 4.79 Å². The Hall–Kier alpha value is -1.90. The van der Waals surface area contributed by atoms with Gasteiger partial charge in [0.2, 0.25) is 5.13 Å². The fourth-order valence-electron chi connectivity index (χ4n) is 2.54. The molecule has 0 spiro atoms. The number of fused-ring (bicyclic) bond motifs is 1. The summed E-state index contributed by atoms with van der Waals surface area (Å²) in [5, 5.41) is 13.1. The van der Waals surface area contributed by atoms with E-state index in [1.807, 2.05) is 38.1 Å². The van der Waals surface area contributed by atoms with Crippen LogP contribution < -0.4 is 5.32 Å². The first kappa shape index (κ1) is 18.9. The van der Waals surface area contributed by atoms with Gasteiger partial charge in [0.05, 0.1) is 5.25 Å². The lowest BCUT2D eigenvalue weighted by molar-refractivity contribution is 0.0995. The van der Waals surface area contributed by atoms with E-state index in [1.165, 1.54) is 23.1 Å². The van der Waals surface area contributed by atoms with Crippen LogP contribution in [-0.2, 0) is 4.74 Å². The van der Waals surface area contributed by atoms with Crippen LogP contribution in [0.25, 0.3) is 10.9 Å². The number of hydrogen-bond acceptors (Lipinski definition) is 7. The number of thioether (sulfide) groups is 1. The van der Waals surface area contributed by atoms with Gasteiger partial charge in [0.15, 0.2) is 10.1 Å². The summed E-state index contributed by atoms with van der Waals surface area (Å²) < 4.78 is 6.09. The van der Waals surface area contributed by atoms with Crippen LogP contribution in [0.4, 0.5) is 5.13 Å². The maximum Gasteiger partial charge on any atom is 0.206 e. The molecule has 2 N–H and O–H groups in total. The lowest BCUT2D eigenvalue weighted by atomic mass is 10.1. The number of benzene rings is 1. The monoisotopic (exact) mass is 390 g/mol. The second-order valence-corrected chi connectivity index (χ2v) is 8.29. The molecule has 0 fully saturated rings. The standard InChI is InChI=1S/C18H22N4O2S2/c1-3-24-10-6-9-19-17-21-22-18(26-17)25-12(2)16(23)14-11-20-15-8-5-4-7-13(14)15/h4-5,7-8,11-12,20H,3,6,9-10H2,1-2H3,(H,19,21). The number of rotatable bonds is 10. The van der Waals surface area contributed by atoms with Crippen molar-refractivity contribution in [2.45, 2.75) is 29.9 Å². The topological polar surface area (TPSA) is 79.9 Å². The van der Waals surface area contributed by atoms with E-state index in [2.05, 4.69) is 20.5 Å². The van der Waals surface area contributed by atoms with Gasteiger partial charge >= 0.3 is 0 Å². The normalized spacial score (nSPS) is 12.4. The molecular weight excluding hydrogens is 368 g/mol. The fourth-order valence-corrected chi connectivity index (χ4v) is 4.53. The smallest absolute Gasteiger partial charge is 0.206 e. The highest BCUT2D eigenvalue weighted by Crippen LogP contribution is 2.31. The molecule has 1 aromatic carbocycles. The Morgan fingerprint density at radius 1 is 1.38 bits per heavy atom. The number of aromatic amines is 1. The first-order chi connectivity index (χ1) is 12.7. The zero-order chi connectivity index (χ0) is 18.4. The molecule has 1 atom stereocenters. The molecule has 2 aromatic heterocycles. The minimum absolute atomic E-state index is 0.0915. The molecule has 0 aliphatic carbocycles. The van der Waals surface area contributed by atoms with Crippen LogP contribution in [-0.4, -0.2) is 46.0 Å². The summed E-state index contributed by atoms with van der Waals surface area (Å²) in [6, 6.07) is 7.83. The Morgan fingerprint density at radius 2 is 2.23 bits per heavy atom. The van der Waals surface area contributed by atoms with Gasteiger partial charge in [0, 0.05) is 42.4 Å². The largest absolute Gasteiger partial charge is 0.382 e. The van der Waals surface area contributed by atoms with Crippen LogP contribution in [0.2, 0.25) is 0 Å². The van der Waals surface area contributed by atoms with E-state index >= 15 is 0 Å². The molecule has 138 valence electrons. The van der Waals surface area contributed by atoms with E-state index in [0.29, 0.717) is 0 Å². The molecule has 0 aliphatic heterocycles. The summed E-state index contributed by atoms with van der Waals surface area (Å²) >= 11 is 2.92. The Balaban J connectivity index is 1.56. The van der Waals surface area contributed by atoms with E-state index in [-0.39, 0.29) is 11.0 Å². The second kappa shape index (κ2) is 9.16. The van der Waals surface area contributed by atoms with Crippen molar-refractivity contribution in [1.29, 1.82) is 0 Å². The van der Waals surface area contributed by atoms with Crippen LogP contribution in [0.1, 0.15) is 30.6 Å². The summed E-state index contributed by atoms with van der Waals surface area (Å²) in [6.07, 6.45) is 2.71. The van der Waals surface area contributed by atoms with Gasteiger partial charge in [0.1, 0.15) is 0 Å². The molecule has 0 amide bonds. The van der Waals surface area contributed by atoms with Crippen molar-refractivity contribution in [3.05, 3.63) is 36.0 Å². The summed E-state index contributed by atoms with van der Waals surface area (Å²) in [5.74, 6) is 0.0915. The molecule has 8 heteroatoms. The third-order valence-corrected chi connectivity index (χ3v) is 5.92. The highest BCUT2D eigenvalue weighted by Gasteiger charge is 2.21. The predicted molar refractivity (Wildman–Crippen MR) is 107 cm³/mol. The first-order valence-electron chi connectivity index (χ1n) is 8.61. The van der Waals surface area contributed by atoms with Gasteiger partial charge in [-0.3, -0.25) is 4.79 Å². The van der Waals surface area contributed by atoms with Crippen LogP contribution in [0, 0.1) is 0 Å². The molecule has 0 aliphatic rings. The highest BCUT2D eigenvalue weighted by molar-refractivity contribution is 8.02. The molecule has 26 heavy (non-hydrogen) atoms. The van der Waals surface area contributed by atoms with E-state index in [0.717, 1.165) is 52.1 Å². The van der Waals surface area contributed by atoms with Crippen molar-refractivity contribution in [3.63, 3.8) is 0 Å². The number of carbonyl (C=O) groups excluding carboxylic acids is 1. The SMILES string of the molecule is CCOCCCNc1nnc(SC(C)C(=O)c2c[nH]c3ccccc23)s1. The molecule has 3 rings (SSSR count).